The number of aromatic nitrogens is 4. The molecular formula is C18H19ClN4O2. The fraction of sp³-hybridized carbons (Fsp3) is 0.333. The summed E-state index contributed by atoms with van der Waals surface area (Å²) in [7, 11) is 0. The zero-order valence-corrected chi connectivity index (χ0v) is 15.3. The highest BCUT2D eigenvalue weighted by atomic mass is 35.5. The van der Waals surface area contributed by atoms with Crippen LogP contribution in [0.15, 0.2) is 24.3 Å². The molecule has 1 aromatic carbocycles. The Morgan fingerprint density at radius 1 is 1.24 bits per heavy atom. The average molecular weight is 359 g/mol. The van der Waals surface area contributed by atoms with Gasteiger partial charge < -0.3 is 4.74 Å². The van der Waals surface area contributed by atoms with Gasteiger partial charge in [-0.2, -0.15) is 5.10 Å². The Labute approximate surface area is 150 Å². The van der Waals surface area contributed by atoms with Crippen molar-refractivity contribution in [1.29, 1.82) is 0 Å². The van der Waals surface area contributed by atoms with E-state index in [0.29, 0.717) is 16.4 Å². The van der Waals surface area contributed by atoms with Crippen LogP contribution in [0.25, 0.3) is 16.8 Å². The molecule has 25 heavy (non-hydrogen) atoms. The number of fused-ring (bicyclic) bond motifs is 1. The zero-order valence-electron chi connectivity index (χ0n) is 14.6. The van der Waals surface area contributed by atoms with E-state index in [2.05, 4.69) is 29.1 Å². The lowest BCUT2D eigenvalue weighted by atomic mass is 10.00. The van der Waals surface area contributed by atoms with Gasteiger partial charge in [0.1, 0.15) is 0 Å². The van der Waals surface area contributed by atoms with E-state index in [-0.39, 0.29) is 18.2 Å². The molecule has 0 saturated carbocycles. The van der Waals surface area contributed by atoms with Crippen LogP contribution in [0, 0.1) is 6.92 Å². The molecule has 3 aromatic rings. The Hall–Kier alpha value is -2.47. The number of halogens is 1. The molecule has 0 aliphatic heterocycles. The van der Waals surface area contributed by atoms with Crippen LogP contribution in [0.3, 0.4) is 0 Å². The molecule has 0 aliphatic carbocycles. The largest absolute Gasteiger partial charge is 0.461 e. The molecule has 0 N–H and O–H groups in total. The molecule has 0 bridgehead atoms. The van der Waals surface area contributed by atoms with Gasteiger partial charge in [0.05, 0.1) is 23.6 Å². The van der Waals surface area contributed by atoms with Crippen LogP contribution in [-0.2, 0) is 4.74 Å². The number of aryl methyl sites for hydroxylation is 1. The first kappa shape index (κ1) is 17.4. The van der Waals surface area contributed by atoms with E-state index in [1.807, 2.05) is 24.3 Å². The van der Waals surface area contributed by atoms with Crippen molar-refractivity contribution in [2.45, 2.75) is 33.6 Å². The third-order valence-corrected chi connectivity index (χ3v) is 4.19. The predicted octanol–water partition coefficient (Wildman–Crippen LogP) is 4.05. The Kier molecular flexibility index (Phi) is 4.72. The third-order valence-electron chi connectivity index (χ3n) is 3.94. The van der Waals surface area contributed by atoms with E-state index >= 15 is 0 Å². The molecule has 0 saturated heterocycles. The van der Waals surface area contributed by atoms with Crippen molar-refractivity contribution in [3.63, 3.8) is 0 Å². The van der Waals surface area contributed by atoms with E-state index in [0.717, 1.165) is 16.8 Å². The van der Waals surface area contributed by atoms with Crippen molar-refractivity contribution >= 4 is 23.2 Å². The first-order valence-electron chi connectivity index (χ1n) is 8.13. The summed E-state index contributed by atoms with van der Waals surface area (Å²) >= 11 is 6.00. The number of ether oxygens (including phenoxy) is 1. The second-order valence-electron chi connectivity index (χ2n) is 6.01. The van der Waals surface area contributed by atoms with E-state index in [1.54, 1.807) is 18.4 Å². The van der Waals surface area contributed by atoms with E-state index in [4.69, 9.17) is 16.3 Å². The Morgan fingerprint density at radius 2 is 1.92 bits per heavy atom. The standard InChI is InChI=1S/C18H19ClN4O2/c1-5-25-18(24)16-11(4)23-17(21-20-16)14(15(22-23)10(2)3)12-6-8-13(19)9-7-12/h6-10H,5H2,1-4H3. The van der Waals surface area contributed by atoms with Gasteiger partial charge in [-0.05, 0) is 37.5 Å². The van der Waals surface area contributed by atoms with Crippen LogP contribution < -0.4 is 0 Å². The summed E-state index contributed by atoms with van der Waals surface area (Å²) < 4.78 is 6.71. The summed E-state index contributed by atoms with van der Waals surface area (Å²) in [4.78, 5) is 12.1. The Morgan fingerprint density at radius 3 is 2.52 bits per heavy atom. The predicted molar refractivity (Wildman–Crippen MR) is 96.0 cm³/mol. The summed E-state index contributed by atoms with van der Waals surface area (Å²) in [6.07, 6.45) is 0. The SMILES string of the molecule is CCOC(=O)c1nnc2c(-c3ccc(Cl)cc3)c(C(C)C)nn2c1C. The lowest BCUT2D eigenvalue weighted by molar-refractivity contribution is 0.0516. The van der Waals surface area contributed by atoms with Crippen molar-refractivity contribution in [2.75, 3.05) is 6.61 Å². The van der Waals surface area contributed by atoms with E-state index in [9.17, 15) is 4.79 Å². The molecule has 0 spiro atoms. The van der Waals surface area contributed by atoms with Gasteiger partial charge in [-0.3, -0.25) is 0 Å². The molecule has 7 heteroatoms. The van der Waals surface area contributed by atoms with Crippen molar-refractivity contribution < 1.29 is 9.53 Å². The van der Waals surface area contributed by atoms with Crippen LogP contribution in [0.1, 0.15) is 48.6 Å². The summed E-state index contributed by atoms with van der Waals surface area (Å²) in [5.41, 5.74) is 4.14. The quantitative estimate of drug-likeness (QED) is 0.658. The molecule has 0 radical (unpaired) electrons. The van der Waals surface area contributed by atoms with Crippen LogP contribution >= 0.6 is 11.6 Å². The monoisotopic (exact) mass is 358 g/mol. The number of hydrogen-bond acceptors (Lipinski definition) is 5. The number of esters is 1. The van der Waals surface area contributed by atoms with Gasteiger partial charge in [-0.15, -0.1) is 10.2 Å². The Balaban J connectivity index is 2.26. The molecule has 6 nitrogen and oxygen atoms in total. The highest BCUT2D eigenvalue weighted by molar-refractivity contribution is 6.30. The average Bonchev–Trinajstić information content (AvgIpc) is 2.97. The van der Waals surface area contributed by atoms with E-state index in [1.165, 1.54) is 0 Å². The molecule has 3 rings (SSSR count). The number of carbonyl (C=O) groups excluding carboxylic acids is 1. The van der Waals surface area contributed by atoms with Crippen LogP contribution in [-0.4, -0.2) is 32.4 Å². The van der Waals surface area contributed by atoms with Gasteiger partial charge >= 0.3 is 5.97 Å². The topological polar surface area (TPSA) is 69.4 Å². The summed E-state index contributed by atoms with van der Waals surface area (Å²) in [5.74, 6) is -0.318. The van der Waals surface area contributed by atoms with Gasteiger partial charge in [0.15, 0.2) is 11.3 Å². The normalized spacial score (nSPS) is 11.3. The van der Waals surface area contributed by atoms with Gasteiger partial charge in [0.2, 0.25) is 0 Å². The Bertz CT molecular complexity index is 932. The van der Waals surface area contributed by atoms with Crippen molar-refractivity contribution in [1.82, 2.24) is 19.8 Å². The van der Waals surface area contributed by atoms with Crippen molar-refractivity contribution in [3.8, 4) is 11.1 Å². The molecule has 0 fully saturated rings. The van der Waals surface area contributed by atoms with E-state index < -0.39 is 5.97 Å². The number of rotatable bonds is 4. The summed E-state index contributed by atoms with van der Waals surface area (Å²) in [5, 5.41) is 13.7. The lowest BCUT2D eigenvalue weighted by Crippen LogP contribution is -2.14. The van der Waals surface area contributed by atoms with Crippen LogP contribution in [0.2, 0.25) is 5.02 Å². The molecule has 130 valence electrons. The number of hydrogen-bond donors (Lipinski definition) is 0. The molecule has 2 aromatic heterocycles. The third kappa shape index (κ3) is 3.09. The second kappa shape index (κ2) is 6.80. The molecule has 2 heterocycles. The molecule has 0 unspecified atom stereocenters. The highest BCUT2D eigenvalue weighted by Crippen LogP contribution is 2.33. The fourth-order valence-corrected chi connectivity index (χ4v) is 2.83. The maximum atomic E-state index is 12.1. The molecule has 0 aliphatic rings. The molecule has 0 amide bonds. The minimum atomic E-state index is -0.496. The maximum absolute atomic E-state index is 12.1. The minimum Gasteiger partial charge on any atom is -0.461 e. The number of nitrogens with zero attached hydrogens (tertiary/aromatic N) is 4. The molecular weight excluding hydrogens is 340 g/mol. The fourth-order valence-electron chi connectivity index (χ4n) is 2.71. The smallest absolute Gasteiger partial charge is 0.360 e. The van der Waals surface area contributed by atoms with Crippen LogP contribution in [0.5, 0.6) is 0 Å². The van der Waals surface area contributed by atoms with Crippen LogP contribution in [0.4, 0.5) is 0 Å². The van der Waals surface area contributed by atoms with Gasteiger partial charge in [0.25, 0.3) is 0 Å². The number of carbonyl (C=O) groups is 1. The first-order chi connectivity index (χ1) is 11.9. The summed E-state index contributed by atoms with van der Waals surface area (Å²) in [6.45, 7) is 7.95. The maximum Gasteiger partial charge on any atom is 0.360 e. The number of benzene rings is 1. The minimum absolute atomic E-state index is 0.176. The van der Waals surface area contributed by atoms with Gasteiger partial charge in [0, 0.05) is 5.02 Å². The van der Waals surface area contributed by atoms with Gasteiger partial charge in [-0.25, -0.2) is 9.31 Å². The zero-order chi connectivity index (χ0) is 18.1. The van der Waals surface area contributed by atoms with Crippen molar-refractivity contribution in [2.24, 2.45) is 0 Å². The second-order valence-corrected chi connectivity index (χ2v) is 6.45. The van der Waals surface area contributed by atoms with Crippen molar-refractivity contribution in [3.05, 3.63) is 46.4 Å². The van der Waals surface area contributed by atoms with Gasteiger partial charge in [-0.1, -0.05) is 37.6 Å². The summed E-state index contributed by atoms with van der Waals surface area (Å²) in [6, 6.07) is 7.53. The molecule has 0 atom stereocenters. The first-order valence-corrected chi connectivity index (χ1v) is 8.50. The highest BCUT2D eigenvalue weighted by Gasteiger charge is 2.23. The lowest BCUT2D eigenvalue weighted by Gasteiger charge is -2.06.